The summed E-state index contributed by atoms with van der Waals surface area (Å²) in [4.78, 5) is 10.4. The van der Waals surface area contributed by atoms with Crippen molar-refractivity contribution in [2.45, 2.75) is 0 Å². The summed E-state index contributed by atoms with van der Waals surface area (Å²) >= 11 is 0. The molecule has 1 radical (unpaired) electrons. The van der Waals surface area contributed by atoms with E-state index in [0.29, 0.717) is 5.76 Å². The monoisotopic (exact) mass is 175 g/mol. The third kappa shape index (κ3) is 1.40. The predicted octanol–water partition coefficient (Wildman–Crippen LogP) is 1.47. The topological polar surface area (TPSA) is 35.5 Å². The Morgan fingerprint density at radius 2 is 1.92 bits per heavy atom. The Morgan fingerprint density at radius 3 is 2.62 bits per heavy atom. The van der Waals surface area contributed by atoms with Crippen molar-refractivity contribution in [2.24, 2.45) is 0 Å². The number of ether oxygens (including phenoxy) is 2. The lowest BCUT2D eigenvalue weighted by atomic mass is 10.2. The summed E-state index contributed by atoms with van der Waals surface area (Å²) in [6.45, 7) is 0.0921. The second kappa shape index (κ2) is 3.31. The zero-order valence-electron chi connectivity index (χ0n) is 6.82. The Bertz CT molecular complexity index is 340. The smallest absolute Gasteiger partial charge is 0.275 e. The van der Waals surface area contributed by atoms with Crippen molar-refractivity contribution in [3.8, 4) is 0 Å². The summed E-state index contributed by atoms with van der Waals surface area (Å²) < 4.78 is 10.0. The number of hydrogen-bond donors (Lipinski definition) is 0. The van der Waals surface area contributed by atoms with Crippen molar-refractivity contribution in [1.82, 2.24) is 0 Å². The van der Waals surface area contributed by atoms with Gasteiger partial charge in [0, 0.05) is 5.56 Å². The molecule has 2 rings (SSSR count). The fourth-order valence-electron chi connectivity index (χ4n) is 1.16. The lowest BCUT2D eigenvalue weighted by molar-refractivity contribution is 0.0937. The van der Waals surface area contributed by atoms with Gasteiger partial charge in [-0.05, 0) is 0 Å². The van der Waals surface area contributed by atoms with Gasteiger partial charge in [-0.25, -0.2) is 0 Å². The summed E-state index contributed by atoms with van der Waals surface area (Å²) in [5.41, 5.74) is 0.832. The van der Waals surface area contributed by atoms with Crippen LogP contribution in [0.2, 0.25) is 0 Å². The van der Waals surface area contributed by atoms with Crippen LogP contribution >= 0.6 is 0 Å². The Labute approximate surface area is 75.6 Å². The number of rotatable bonds is 2. The molecule has 1 aliphatic rings. The minimum absolute atomic E-state index is 0.0921. The maximum atomic E-state index is 10.4. The highest BCUT2D eigenvalue weighted by molar-refractivity contribution is 5.84. The molecule has 0 fully saturated rings. The zero-order chi connectivity index (χ0) is 9.10. The molecule has 3 heteroatoms. The molecule has 0 unspecified atom stereocenters. The molecular weight excluding hydrogens is 168 g/mol. The minimum atomic E-state index is 0.0921. The van der Waals surface area contributed by atoms with Crippen molar-refractivity contribution in [2.75, 3.05) is 6.79 Å². The molecule has 1 aliphatic heterocycles. The zero-order valence-corrected chi connectivity index (χ0v) is 6.82. The summed E-state index contributed by atoms with van der Waals surface area (Å²) in [6, 6.07) is 9.33. The van der Waals surface area contributed by atoms with E-state index >= 15 is 0 Å². The molecule has 1 aromatic carbocycles. The van der Waals surface area contributed by atoms with Crippen molar-refractivity contribution >= 4 is 12.0 Å². The van der Waals surface area contributed by atoms with Crippen LogP contribution in [-0.4, -0.2) is 13.1 Å². The Kier molecular flexibility index (Phi) is 2.00. The second-order valence-corrected chi connectivity index (χ2v) is 2.53. The Morgan fingerprint density at radius 1 is 1.15 bits per heavy atom. The molecule has 0 saturated heterocycles. The van der Waals surface area contributed by atoms with E-state index < -0.39 is 0 Å². The summed E-state index contributed by atoms with van der Waals surface area (Å²) in [7, 11) is 0. The number of benzene rings is 1. The van der Waals surface area contributed by atoms with Crippen LogP contribution < -0.4 is 0 Å². The van der Waals surface area contributed by atoms with Gasteiger partial charge in [0.1, 0.15) is 0 Å². The molecular formula is C10H7O3. The van der Waals surface area contributed by atoms with Crippen molar-refractivity contribution in [3.05, 3.63) is 41.7 Å². The average Bonchev–Trinajstić information content (AvgIpc) is 2.67. The van der Waals surface area contributed by atoms with Gasteiger partial charge in [-0.1, -0.05) is 30.3 Å². The molecule has 1 heterocycles. The van der Waals surface area contributed by atoms with Gasteiger partial charge in [-0.2, -0.15) is 0 Å². The van der Waals surface area contributed by atoms with Crippen molar-refractivity contribution < 1.29 is 14.3 Å². The van der Waals surface area contributed by atoms with Crippen LogP contribution in [0.3, 0.4) is 0 Å². The molecule has 13 heavy (non-hydrogen) atoms. The fourth-order valence-corrected chi connectivity index (χ4v) is 1.16. The molecule has 0 aliphatic carbocycles. The van der Waals surface area contributed by atoms with Gasteiger partial charge in [-0.3, -0.25) is 4.79 Å². The van der Waals surface area contributed by atoms with Crippen LogP contribution in [-0.2, 0) is 14.3 Å². The molecule has 0 saturated carbocycles. The molecule has 3 nitrogen and oxygen atoms in total. The molecule has 0 aromatic heterocycles. The third-order valence-electron chi connectivity index (χ3n) is 1.74. The highest BCUT2D eigenvalue weighted by atomic mass is 16.7. The first kappa shape index (κ1) is 7.86. The van der Waals surface area contributed by atoms with Crippen molar-refractivity contribution in [1.29, 1.82) is 0 Å². The molecule has 0 bridgehead atoms. The first-order valence-electron chi connectivity index (χ1n) is 3.85. The molecule has 0 amide bonds. The third-order valence-corrected chi connectivity index (χ3v) is 1.74. The number of hydrogen-bond acceptors (Lipinski definition) is 3. The molecule has 0 atom stereocenters. The van der Waals surface area contributed by atoms with Gasteiger partial charge in [0.25, 0.3) is 6.29 Å². The predicted molar refractivity (Wildman–Crippen MR) is 46.1 cm³/mol. The molecule has 65 valence electrons. The maximum Gasteiger partial charge on any atom is 0.275 e. The lowest BCUT2D eigenvalue weighted by Gasteiger charge is -1.99. The van der Waals surface area contributed by atoms with Crippen LogP contribution in [0.4, 0.5) is 0 Å². The van der Waals surface area contributed by atoms with Gasteiger partial charge in [0.2, 0.25) is 12.6 Å². The van der Waals surface area contributed by atoms with E-state index in [4.69, 9.17) is 9.47 Å². The SMILES string of the molecule is O=[C]C1=C(c2ccccc2)OCO1. The molecule has 0 spiro atoms. The second-order valence-electron chi connectivity index (χ2n) is 2.53. The number of allylic oxidation sites excluding steroid dienone is 1. The van der Waals surface area contributed by atoms with Crippen LogP contribution in [0.5, 0.6) is 0 Å². The van der Waals surface area contributed by atoms with E-state index in [9.17, 15) is 4.79 Å². The van der Waals surface area contributed by atoms with E-state index in [2.05, 4.69) is 0 Å². The summed E-state index contributed by atoms with van der Waals surface area (Å²) in [5.74, 6) is 0.613. The van der Waals surface area contributed by atoms with E-state index in [1.165, 1.54) is 0 Å². The highest BCUT2D eigenvalue weighted by Gasteiger charge is 2.18. The first-order chi connectivity index (χ1) is 6.42. The molecule has 1 aromatic rings. The quantitative estimate of drug-likeness (QED) is 0.682. The van der Waals surface area contributed by atoms with Gasteiger partial charge >= 0.3 is 0 Å². The fraction of sp³-hybridized carbons (Fsp3) is 0.100. The largest absolute Gasteiger partial charge is 0.453 e. The van der Waals surface area contributed by atoms with Gasteiger partial charge in [0.05, 0.1) is 0 Å². The van der Waals surface area contributed by atoms with Crippen LogP contribution in [0.15, 0.2) is 36.1 Å². The lowest BCUT2D eigenvalue weighted by Crippen LogP contribution is -1.87. The summed E-state index contributed by atoms with van der Waals surface area (Å²) in [5, 5.41) is 0. The highest BCUT2D eigenvalue weighted by Crippen LogP contribution is 2.24. The van der Waals surface area contributed by atoms with Crippen LogP contribution in [0.25, 0.3) is 5.76 Å². The number of carbonyl (C=O) groups excluding carboxylic acids is 1. The van der Waals surface area contributed by atoms with Gasteiger partial charge in [0.15, 0.2) is 5.76 Å². The average molecular weight is 175 g/mol. The summed E-state index contributed by atoms with van der Waals surface area (Å²) in [6.07, 6.45) is 1.69. The molecule has 0 N–H and O–H groups in total. The normalized spacial score (nSPS) is 15.1. The van der Waals surface area contributed by atoms with E-state index in [1.807, 2.05) is 30.3 Å². The Hall–Kier alpha value is -1.77. The van der Waals surface area contributed by atoms with E-state index in [0.717, 1.165) is 5.56 Å². The van der Waals surface area contributed by atoms with E-state index in [1.54, 1.807) is 6.29 Å². The van der Waals surface area contributed by atoms with Gasteiger partial charge in [-0.15, -0.1) is 0 Å². The minimum Gasteiger partial charge on any atom is -0.453 e. The Balaban J connectivity index is 2.41. The van der Waals surface area contributed by atoms with Crippen LogP contribution in [0, 0.1) is 0 Å². The van der Waals surface area contributed by atoms with E-state index in [-0.39, 0.29) is 12.6 Å². The standard InChI is InChI=1S/C10H7O3/c11-6-9-10(13-7-12-9)8-4-2-1-3-5-8/h1-5H,7H2. The maximum absolute atomic E-state index is 10.4. The first-order valence-corrected chi connectivity index (χ1v) is 3.85. The van der Waals surface area contributed by atoms with Gasteiger partial charge < -0.3 is 9.47 Å². The van der Waals surface area contributed by atoms with Crippen molar-refractivity contribution in [3.63, 3.8) is 0 Å². The van der Waals surface area contributed by atoms with Crippen LogP contribution in [0.1, 0.15) is 5.56 Å².